The first kappa shape index (κ1) is 28.0. The zero-order valence-electron chi connectivity index (χ0n) is 21.9. The van der Waals surface area contributed by atoms with Gasteiger partial charge in [-0.1, -0.05) is 34.4 Å². The van der Waals surface area contributed by atoms with E-state index in [0.717, 1.165) is 38.0 Å². The Bertz CT molecular complexity index is 1620. The number of sulfonamides is 1. The van der Waals surface area contributed by atoms with Crippen molar-refractivity contribution < 1.29 is 31.7 Å². The summed E-state index contributed by atoms with van der Waals surface area (Å²) >= 11 is 12.8. The summed E-state index contributed by atoms with van der Waals surface area (Å²) in [6.07, 6.45) is 4.77. The van der Waals surface area contributed by atoms with Crippen molar-refractivity contribution in [2.45, 2.75) is 62.6 Å². The number of benzene rings is 2. The average molecular weight is 623 g/mol. The number of amides is 1. The number of rotatable bonds is 7. The molecule has 2 aromatic carbocycles. The van der Waals surface area contributed by atoms with Crippen LogP contribution in [-0.2, 0) is 14.8 Å². The van der Waals surface area contributed by atoms with Crippen LogP contribution in [0, 0.1) is 5.82 Å². The van der Waals surface area contributed by atoms with Crippen molar-refractivity contribution in [3.63, 3.8) is 0 Å². The van der Waals surface area contributed by atoms with Crippen molar-refractivity contribution in [2.24, 2.45) is 0 Å². The molecule has 0 radical (unpaired) electrons. The van der Waals surface area contributed by atoms with Crippen molar-refractivity contribution in [1.29, 1.82) is 0 Å². The number of nitrogens with zero attached hydrogens (tertiary/aromatic N) is 2. The van der Waals surface area contributed by atoms with Gasteiger partial charge in [0.15, 0.2) is 5.76 Å². The Labute approximate surface area is 246 Å². The topological polar surface area (TPSA) is 119 Å². The zero-order chi connectivity index (χ0) is 29.1. The molecule has 3 heterocycles. The molecule has 1 unspecified atom stereocenters. The molecule has 216 valence electrons. The number of fused-ring (bicyclic) bond motifs is 2. The molecule has 3 fully saturated rings. The highest BCUT2D eigenvalue weighted by molar-refractivity contribution is 7.89. The molecule has 1 aromatic heterocycles. The molecule has 3 aliphatic rings. The largest absolute Gasteiger partial charge is 0.458 e. The molecule has 3 atom stereocenters. The number of ether oxygens (including phenoxy) is 1. The number of hydrogen-bond donors (Lipinski definition) is 1. The van der Waals surface area contributed by atoms with Crippen LogP contribution in [-0.4, -0.2) is 49.9 Å². The van der Waals surface area contributed by atoms with E-state index in [2.05, 4.69) is 5.16 Å². The molecule has 1 N–H and O–H groups in total. The standard InChI is InChI=1S/C28H26Cl2FN3O6S/c1-41(37,38)33-27(35)15-7-10-22(21(31)11-15)34-16-8-9-17(34)13-18(12-16)39-28(36)24-25(32-40-26(24)14-5-6-14)23-19(29)3-2-4-20(23)30/h2-4,7,10-11,14,16-18H,5-6,8-9,12-13H2,1H3,(H,33,35)/t16-,17+,18?. The summed E-state index contributed by atoms with van der Waals surface area (Å²) in [4.78, 5) is 27.8. The Morgan fingerprint density at radius 1 is 1.07 bits per heavy atom. The predicted molar refractivity (Wildman–Crippen MR) is 150 cm³/mol. The van der Waals surface area contributed by atoms with E-state index >= 15 is 4.39 Å². The quantitative estimate of drug-likeness (QED) is 0.333. The Kier molecular flexibility index (Phi) is 7.24. The average Bonchev–Trinajstić information content (AvgIpc) is 3.59. The highest BCUT2D eigenvalue weighted by Gasteiger charge is 2.44. The molecule has 41 heavy (non-hydrogen) atoms. The van der Waals surface area contributed by atoms with Gasteiger partial charge in [0.1, 0.15) is 23.2 Å². The van der Waals surface area contributed by atoms with Crippen LogP contribution in [0.25, 0.3) is 11.3 Å². The summed E-state index contributed by atoms with van der Waals surface area (Å²) in [5.41, 5.74) is 1.14. The van der Waals surface area contributed by atoms with Gasteiger partial charge in [-0.15, -0.1) is 0 Å². The molecule has 2 bridgehead atoms. The smallest absolute Gasteiger partial charge is 0.344 e. The number of nitrogens with one attached hydrogen (secondary N) is 1. The van der Waals surface area contributed by atoms with E-state index in [9.17, 15) is 18.0 Å². The molecule has 13 heteroatoms. The van der Waals surface area contributed by atoms with Gasteiger partial charge in [-0.2, -0.15) is 0 Å². The number of piperidine rings is 1. The third-order valence-electron chi connectivity index (χ3n) is 7.80. The Morgan fingerprint density at radius 2 is 1.73 bits per heavy atom. The predicted octanol–water partition coefficient (Wildman–Crippen LogP) is 5.71. The van der Waals surface area contributed by atoms with Crippen molar-refractivity contribution in [3.05, 3.63) is 69.1 Å². The molecule has 6 rings (SSSR count). The van der Waals surface area contributed by atoms with E-state index < -0.39 is 33.8 Å². The van der Waals surface area contributed by atoms with Crippen LogP contribution < -0.4 is 9.62 Å². The van der Waals surface area contributed by atoms with Crippen LogP contribution >= 0.6 is 23.2 Å². The monoisotopic (exact) mass is 621 g/mol. The Hall–Kier alpha value is -3.15. The second-order valence-corrected chi connectivity index (χ2v) is 13.4. The van der Waals surface area contributed by atoms with Gasteiger partial charge in [0.25, 0.3) is 5.91 Å². The molecule has 2 saturated heterocycles. The van der Waals surface area contributed by atoms with Crippen molar-refractivity contribution >= 4 is 50.8 Å². The van der Waals surface area contributed by atoms with Gasteiger partial charge in [0.05, 0.1) is 22.0 Å². The lowest BCUT2D eigenvalue weighted by Gasteiger charge is -2.40. The Morgan fingerprint density at radius 3 is 2.32 bits per heavy atom. The minimum Gasteiger partial charge on any atom is -0.458 e. The van der Waals surface area contributed by atoms with Crippen molar-refractivity contribution in [2.75, 3.05) is 11.2 Å². The maximum Gasteiger partial charge on any atom is 0.344 e. The van der Waals surface area contributed by atoms with Crippen LogP contribution in [0.5, 0.6) is 0 Å². The molecular formula is C28H26Cl2FN3O6S. The number of anilines is 1. The summed E-state index contributed by atoms with van der Waals surface area (Å²) in [6, 6.07) is 8.80. The van der Waals surface area contributed by atoms with E-state index in [1.807, 2.05) is 9.62 Å². The SMILES string of the molecule is CS(=O)(=O)NC(=O)c1ccc(N2[C@@H]3CC[C@H]2CC(OC(=O)c2c(-c4c(Cl)cccc4Cl)noc2C2CC2)C3)c(F)c1. The van der Waals surface area contributed by atoms with Gasteiger partial charge in [-0.25, -0.2) is 22.3 Å². The maximum atomic E-state index is 15.2. The van der Waals surface area contributed by atoms with Gasteiger partial charge < -0.3 is 14.2 Å². The van der Waals surface area contributed by atoms with Gasteiger partial charge in [-0.3, -0.25) is 4.79 Å². The molecule has 9 nitrogen and oxygen atoms in total. The van der Waals surface area contributed by atoms with Gasteiger partial charge in [0, 0.05) is 42.0 Å². The molecule has 1 saturated carbocycles. The number of halogens is 3. The van der Waals surface area contributed by atoms with E-state index in [1.165, 1.54) is 12.1 Å². The molecular weight excluding hydrogens is 596 g/mol. The number of carbonyl (C=O) groups excluding carboxylic acids is 2. The van der Waals surface area contributed by atoms with Gasteiger partial charge in [0.2, 0.25) is 10.0 Å². The minimum atomic E-state index is -3.78. The summed E-state index contributed by atoms with van der Waals surface area (Å²) in [7, 11) is -3.78. The number of esters is 1. The van der Waals surface area contributed by atoms with Crippen LogP contribution in [0.4, 0.5) is 10.1 Å². The molecule has 1 amide bonds. The maximum absolute atomic E-state index is 15.2. The third kappa shape index (κ3) is 5.54. The first-order valence-electron chi connectivity index (χ1n) is 13.2. The highest BCUT2D eigenvalue weighted by atomic mass is 35.5. The second-order valence-electron chi connectivity index (χ2n) is 10.8. The van der Waals surface area contributed by atoms with Crippen LogP contribution in [0.1, 0.15) is 70.9 Å². The van der Waals surface area contributed by atoms with Crippen LogP contribution in [0.3, 0.4) is 0 Å². The molecule has 3 aromatic rings. The van der Waals surface area contributed by atoms with Crippen molar-refractivity contribution in [3.8, 4) is 11.3 Å². The fourth-order valence-electron chi connectivity index (χ4n) is 5.93. The molecule has 0 spiro atoms. The lowest BCUT2D eigenvalue weighted by atomic mass is 9.98. The summed E-state index contributed by atoms with van der Waals surface area (Å²) < 4.78 is 51.4. The highest BCUT2D eigenvalue weighted by Crippen LogP contribution is 2.47. The second kappa shape index (κ2) is 10.6. The van der Waals surface area contributed by atoms with E-state index in [1.54, 1.807) is 18.2 Å². The van der Waals surface area contributed by atoms with E-state index in [-0.39, 0.29) is 34.8 Å². The summed E-state index contributed by atoms with van der Waals surface area (Å²) in [5, 5.41) is 4.86. The van der Waals surface area contributed by atoms with Crippen LogP contribution in [0.2, 0.25) is 10.0 Å². The number of hydrogen-bond acceptors (Lipinski definition) is 8. The normalized spacial score (nSPS) is 22.0. The fourth-order valence-corrected chi connectivity index (χ4v) is 6.96. The first-order chi connectivity index (χ1) is 19.5. The molecule has 2 aliphatic heterocycles. The summed E-state index contributed by atoms with van der Waals surface area (Å²) in [6.45, 7) is 0. The van der Waals surface area contributed by atoms with Gasteiger partial charge >= 0.3 is 5.97 Å². The lowest BCUT2D eigenvalue weighted by molar-refractivity contribution is 0.0202. The van der Waals surface area contributed by atoms with E-state index in [0.29, 0.717) is 39.9 Å². The number of aromatic nitrogens is 1. The van der Waals surface area contributed by atoms with Crippen LogP contribution in [0.15, 0.2) is 40.9 Å². The molecule has 1 aliphatic carbocycles. The summed E-state index contributed by atoms with van der Waals surface area (Å²) in [5.74, 6) is -1.52. The minimum absolute atomic E-state index is 0.0837. The number of carbonyl (C=O) groups is 2. The third-order valence-corrected chi connectivity index (χ3v) is 8.99. The fraction of sp³-hybridized carbons (Fsp3) is 0.393. The van der Waals surface area contributed by atoms with E-state index in [4.69, 9.17) is 32.5 Å². The van der Waals surface area contributed by atoms with Crippen molar-refractivity contribution in [1.82, 2.24) is 9.88 Å². The van der Waals surface area contributed by atoms with Gasteiger partial charge in [-0.05, 0) is 56.0 Å². The first-order valence-corrected chi connectivity index (χ1v) is 15.9. The Balaban J connectivity index is 1.21. The lowest BCUT2D eigenvalue weighted by Crippen LogP contribution is -2.46. The zero-order valence-corrected chi connectivity index (χ0v) is 24.2.